The van der Waals surface area contributed by atoms with Gasteiger partial charge in [-0.25, -0.2) is 0 Å². The third-order valence-corrected chi connectivity index (χ3v) is 6.15. The number of fused-ring (bicyclic) bond motifs is 11. The summed E-state index contributed by atoms with van der Waals surface area (Å²) >= 11 is 3.95. The predicted molar refractivity (Wildman–Crippen MR) is 74.0 cm³/mol. The molecule has 6 atom stereocenters. The van der Waals surface area contributed by atoms with E-state index >= 15 is 0 Å². The third-order valence-electron chi connectivity index (χ3n) is 5.01. The second-order valence-corrected chi connectivity index (χ2v) is 6.78. The van der Waals surface area contributed by atoms with Crippen molar-refractivity contribution in [3.05, 3.63) is 59.2 Å². The molecule has 0 N–H and O–H groups in total. The van der Waals surface area contributed by atoms with Gasteiger partial charge in [0.25, 0.3) is 0 Å². The quantitative estimate of drug-likeness (QED) is 0.526. The molecule has 5 rings (SSSR count). The molecule has 0 unspecified atom stereocenters. The van der Waals surface area contributed by atoms with Gasteiger partial charge in [0.2, 0.25) is 0 Å². The number of halogens is 1. The van der Waals surface area contributed by atoms with Crippen molar-refractivity contribution >= 4 is 15.9 Å². The SMILES string of the molecule is Br[C@@H]1[C@H]2c3ccccc3[C@@H]1C=C1[C@H]2[C@H]2C=C[C@@H]1O2. The molecule has 2 heterocycles. The van der Waals surface area contributed by atoms with Gasteiger partial charge in [-0.2, -0.15) is 0 Å². The van der Waals surface area contributed by atoms with Crippen molar-refractivity contribution in [2.75, 3.05) is 0 Å². The zero-order valence-corrected chi connectivity index (χ0v) is 11.4. The lowest BCUT2D eigenvalue weighted by Gasteiger charge is -2.33. The average Bonchev–Trinajstić information content (AvgIpc) is 3.03. The first-order chi connectivity index (χ1) is 8.84. The van der Waals surface area contributed by atoms with E-state index in [4.69, 9.17) is 4.74 Å². The Morgan fingerprint density at radius 2 is 1.83 bits per heavy atom. The van der Waals surface area contributed by atoms with Crippen LogP contribution in [0.15, 0.2) is 48.1 Å². The van der Waals surface area contributed by atoms with Crippen molar-refractivity contribution in [2.45, 2.75) is 28.9 Å². The average molecular weight is 301 g/mol. The van der Waals surface area contributed by atoms with E-state index in [-0.39, 0.29) is 6.10 Å². The van der Waals surface area contributed by atoms with Gasteiger partial charge in [0.1, 0.15) is 0 Å². The molecule has 4 bridgehead atoms. The molecule has 0 amide bonds. The van der Waals surface area contributed by atoms with Crippen LogP contribution < -0.4 is 0 Å². The normalized spacial score (nSPS) is 45.9. The highest BCUT2D eigenvalue weighted by molar-refractivity contribution is 9.09. The number of allylic oxidation sites excluding steroid dienone is 1. The van der Waals surface area contributed by atoms with E-state index in [0.717, 1.165) is 0 Å². The van der Waals surface area contributed by atoms with Crippen molar-refractivity contribution in [1.29, 1.82) is 0 Å². The monoisotopic (exact) mass is 300 g/mol. The van der Waals surface area contributed by atoms with E-state index in [9.17, 15) is 0 Å². The fourth-order valence-corrected chi connectivity index (χ4v) is 5.38. The van der Waals surface area contributed by atoms with Crippen LogP contribution in [0.1, 0.15) is 23.0 Å². The molecule has 4 aliphatic rings. The number of rotatable bonds is 0. The molecule has 1 aromatic rings. The number of benzene rings is 1. The van der Waals surface area contributed by atoms with E-state index in [1.165, 1.54) is 16.7 Å². The van der Waals surface area contributed by atoms with Gasteiger partial charge in [-0.15, -0.1) is 0 Å². The maximum absolute atomic E-state index is 6.04. The summed E-state index contributed by atoms with van der Waals surface area (Å²) in [6.07, 6.45) is 7.53. The van der Waals surface area contributed by atoms with Crippen LogP contribution in [0.3, 0.4) is 0 Å². The first-order valence-electron chi connectivity index (χ1n) is 6.63. The second-order valence-electron chi connectivity index (χ2n) is 5.72. The summed E-state index contributed by atoms with van der Waals surface area (Å²) in [7, 11) is 0. The molecule has 0 saturated carbocycles. The topological polar surface area (TPSA) is 9.23 Å². The fraction of sp³-hybridized carbons (Fsp3) is 0.375. The van der Waals surface area contributed by atoms with Crippen LogP contribution in [0.2, 0.25) is 0 Å². The van der Waals surface area contributed by atoms with Gasteiger partial charge in [-0.1, -0.05) is 58.4 Å². The first kappa shape index (κ1) is 9.99. The summed E-state index contributed by atoms with van der Waals surface area (Å²) in [4.78, 5) is 0.542. The van der Waals surface area contributed by atoms with Crippen LogP contribution in [0.25, 0.3) is 0 Å². The molecular formula is C16H13BrO. The zero-order valence-electron chi connectivity index (χ0n) is 9.79. The molecule has 1 nitrogen and oxygen atoms in total. The maximum atomic E-state index is 6.04. The smallest absolute Gasteiger partial charge is 0.0980 e. The van der Waals surface area contributed by atoms with E-state index in [2.05, 4.69) is 58.4 Å². The molecule has 1 saturated heterocycles. The number of ether oxygens (including phenoxy) is 1. The molecule has 90 valence electrons. The lowest BCUT2D eigenvalue weighted by Crippen LogP contribution is -2.31. The Morgan fingerprint density at radius 3 is 2.72 bits per heavy atom. The van der Waals surface area contributed by atoms with E-state index in [0.29, 0.717) is 28.7 Å². The zero-order chi connectivity index (χ0) is 11.9. The van der Waals surface area contributed by atoms with E-state index < -0.39 is 0 Å². The Bertz CT molecular complexity index is 603. The van der Waals surface area contributed by atoms with Crippen molar-refractivity contribution in [2.24, 2.45) is 5.92 Å². The van der Waals surface area contributed by atoms with Crippen molar-refractivity contribution < 1.29 is 4.74 Å². The number of alkyl halides is 1. The summed E-state index contributed by atoms with van der Waals surface area (Å²) < 4.78 is 6.04. The minimum atomic E-state index is 0.263. The molecular weight excluding hydrogens is 288 g/mol. The molecule has 2 aliphatic heterocycles. The van der Waals surface area contributed by atoms with Crippen molar-refractivity contribution in [3.8, 4) is 0 Å². The van der Waals surface area contributed by atoms with Crippen LogP contribution in [0.4, 0.5) is 0 Å². The highest BCUT2D eigenvalue weighted by Crippen LogP contribution is 2.60. The maximum Gasteiger partial charge on any atom is 0.0980 e. The Balaban J connectivity index is 1.76. The predicted octanol–water partition coefficient (Wildman–Crippen LogP) is 3.52. The van der Waals surface area contributed by atoms with E-state index in [1.807, 2.05) is 0 Å². The van der Waals surface area contributed by atoms with Crippen molar-refractivity contribution in [3.63, 3.8) is 0 Å². The van der Waals surface area contributed by atoms with Gasteiger partial charge < -0.3 is 4.74 Å². The summed E-state index contributed by atoms with van der Waals surface area (Å²) in [5.41, 5.74) is 4.58. The van der Waals surface area contributed by atoms with Gasteiger partial charge in [0, 0.05) is 22.6 Å². The minimum absolute atomic E-state index is 0.263. The Labute approximate surface area is 115 Å². The van der Waals surface area contributed by atoms with Crippen LogP contribution in [0.5, 0.6) is 0 Å². The van der Waals surface area contributed by atoms with Crippen LogP contribution in [-0.4, -0.2) is 17.0 Å². The second kappa shape index (κ2) is 3.17. The summed E-state index contributed by atoms with van der Waals surface area (Å²) in [5.74, 6) is 1.68. The van der Waals surface area contributed by atoms with Crippen LogP contribution in [0, 0.1) is 5.92 Å². The lowest BCUT2D eigenvalue weighted by molar-refractivity contribution is 0.107. The highest BCUT2D eigenvalue weighted by atomic mass is 79.9. The summed E-state index contributed by atoms with van der Waals surface area (Å²) in [6.45, 7) is 0. The van der Waals surface area contributed by atoms with Gasteiger partial charge in [-0.05, 0) is 16.7 Å². The molecule has 0 spiro atoms. The first-order valence-corrected chi connectivity index (χ1v) is 7.54. The molecule has 1 fully saturated rings. The standard InChI is InChI=1S/C16H13BrO/c17-16-10-7-11-12-5-6-13(18-12)14(11)15(16)9-4-2-1-3-8(9)10/h1-7,10,12-16H/t10-,12-,13+,14-,15-,16-/m0/s1. The van der Waals surface area contributed by atoms with Gasteiger partial charge in [0.05, 0.1) is 12.2 Å². The highest BCUT2D eigenvalue weighted by Gasteiger charge is 2.55. The van der Waals surface area contributed by atoms with Gasteiger partial charge in [0.15, 0.2) is 0 Å². The molecule has 1 aromatic carbocycles. The lowest BCUT2D eigenvalue weighted by atomic mass is 9.73. The van der Waals surface area contributed by atoms with Crippen LogP contribution >= 0.6 is 15.9 Å². The van der Waals surface area contributed by atoms with Crippen molar-refractivity contribution in [1.82, 2.24) is 0 Å². The largest absolute Gasteiger partial charge is 0.362 e. The molecule has 2 heteroatoms. The Kier molecular flexibility index (Phi) is 1.76. The summed E-state index contributed by atoms with van der Waals surface area (Å²) in [5, 5.41) is 0. The third kappa shape index (κ3) is 0.996. The number of hydrogen-bond donors (Lipinski definition) is 0. The Hall–Kier alpha value is -0.860. The van der Waals surface area contributed by atoms with Crippen LogP contribution in [-0.2, 0) is 4.74 Å². The van der Waals surface area contributed by atoms with Gasteiger partial charge in [-0.3, -0.25) is 0 Å². The molecule has 0 radical (unpaired) electrons. The minimum Gasteiger partial charge on any atom is -0.362 e. The molecule has 0 aromatic heterocycles. The van der Waals surface area contributed by atoms with E-state index in [1.54, 1.807) is 0 Å². The van der Waals surface area contributed by atoms with Gasteiger partial charge >= 0.3 is 0 Å². The Morgan fingerprint density at radius 1 is 1.00 bits per heavy atom. The summed E-state index contributed by atoms with van der Waals surface area (Å²) in [6, 6.07) is 8.93. The number of hydrogen-bond acceptors (Lipinski definition) is 1. The fourth-order valence-electron chi connectivity index (χ4n) is 4.33. The molecule has 18 heavy (non-hydrogen) atoms. The molecule has 2 aliphatic carbocycles.